The highest BCUT2D eigenvalue weighted by Crippen LogP contribution is 1.95. The summed E-state index contributed by atoms with van der Waals surface area (Å²) < 4.78 is 19.6. The highest BCUT2D eigenvalue weighted by atomic mass is 32.2. The quantitative estimate of drug-likeness (QED) is 0.406. The predicted molar refractivity (Wildman–Crippen MR) is 36.2 cm³/mol. The molecule has 1 unspecified atom stereocenters. The summed E-state index contributed by atoms with van der Waals surface area (Å²) >= 11 is -2.19. The average molecular weight is 145 g/mol. The van der Waals surface area contributed by atoms with Gasteiger partial charge in [-0.05, 0) is 11.2 Å². The van der Waals surface area contributed by atoms with Crippen molar-refractivity contribution in [1.82, 2.24) is 0 Å². The molecule has 0 fully saturated rings. The van der Waals surface area contributed by atoms with E-state index in [1.807, 2.05) is 19.1 Å². The van der Waals surface area contributed by atoms with Gasteiger partial charge in [0.2, 0.25) is 0 Å². The highest BCUT2D eigenvalue weighted by Gasteiger charge is 1.85. The molecule has 3 heteroatoms. The maximum absolute atomic E-state index is 9.81. The van der Waals surface area contributed by atoms with Gasteiger partial charge in [-0.1, -0.05) is 19.8 Å². The van der Waals surface area contributed by atoms with E-state index in [4.69, 9.17) is 0 Å². The molecule has 0 radical (unpaired) electrons. The van der Waals surface area contributed by atoms with Gasteiger partial charge in [-0.25, -0.2) is 0 Å². The van der Waals surface area contributed by atoms with Gasteiger partial charge in [-0.3, -0.25) is 4.21 Å². The van der Waals surface area contributed by atoms with Crippen LogP contribution in [0.2, 0.25) is 0 Å². The first kappa shape index (κ1) is 8.67. The molecular formula is C6H9O2S-. The van der Waals surface area contributed by atoms with E-state index < -0.39 is 11.1 Å². The molecule has 2 nitrogen and oxygen atoms in total. The molecule has 0 aliphatic rings. The fraction of sp³-hybridized carbons (Fsp3) is 0.667. The summed E-state index contributed by atoms with van der Waals surface area (Å²) in [6, 6.07) is 0. The molecule has 0 amide bonds. The lowest BCUT2D eigenvalue weighted by Gasteiger charge is -1.93. The molecule has 0 spiro atoms. The van der Waals surface area contributed by atoms with Crippen LogP contribution in [0.25, 0.3) is 0 Å². The second-order valence-electron chi connectivity index (χ2n) is 2.11. The van der Waals surface area contributed by atoms with Crippen molar-refractivity contribution in [2.24, 2.45) is 5.92 Å². The Bertz CT molecular complexity index is 152. The van der Waals surface area contributed by atoms with Gasteiger partial charge in [0.25, 0.3) is 0 Å². The number of hydrogen-bond acceptors (Lipinski definition) is 2. The minimum Gasteiger partial charge on any atom is -0.762 e. The summed E-state index contributed by atoms with van der Waals surface area (Å²) in [6.45, 7) is 3.98. The lowest BCUT2D eigenvalue weighted by Crippen LogP contribution is -1.83. The maximum Gasteiger partial charge on any atom is 0.0247 e. The van der Waals surface area contributed by atoms with Crippen molar-refractivity contribution < 1.29 is 8.76 Å². The van der Waals surface area contributed by atoms with Crippen molar-refractivity contribution >= 4 is 11.1 Å². The Labute approximate surface area is 57.9 Å². The van der Waals surface area contributed by atoms with Gasteiger partial charge >= 0.3 is 0 Å². The van der Waals surface area contributed by atoms with Crippen molar-refractivity contribution in [2.45, 2.75) is 20.3 Å². The molecule has 9 heavy (non-hydrogen) atoms. The van der Waals surface area contributed by atoms with Crippen LogP contribution in [0.3, 0.4) is 0 Å². The van der Waals surface area contributed by atoms with Crippen LogP contribution in [0.15, 0.2) is 0 Å². The average Bonchev–Trinajstić information content (AvgIpc) is 1.63. The van der Waals surface area contributed by atoms with Crippen molar-refractivity contribution in [2.75, 3.05) is 0 Å². The second-order valence-corrected chi connectivity index (χ2v) is 2.79. The standard InChI is InChI=1S/C6H10O2S/c1-6(2)4-3-5-9(7)8/h6H,4H2,1-2H3,(H,7,8)/p-1. The Hall–Kier alpha value is -0.330. The van der Waals surface area contributed by atoms with Crippen LogP contribution in [-0.2, 0) is 11.1 Å². The minimum atomic E-state index is -2.19. The Morgan fingerprint density at radius 2 is 2.22 bits per heavy atom. The smallest absolute Gasteiger partial charge is 0.0247 e. The SMILES string of the molecule is CC(C)CC#CS(=O)[O-]. The van der Waals surface area contributed by atoms with Crippen LogP contribution < -0.4 is 0 Å². The van der Waals surface area contributed by atoms with Crippen molar-refractivity contribution in [3.8, 4) is 11.2 Å². The summed E-state index contributed by atoms with van der Waals surface area (Å²) in [5, 5.41) is 2.04. The largest absolute Gasteiger partial charge is 0.762 e. The second kappa shape index (κ2) is 4.54. The molecule has 1 atom stereocenters. The molecule has 0 heterocycles. The van der Waals surface area contributed by atoms with Gasteiger partial charge in [0, 0.05) is 17.5 Å². The van der Waals surface area contributed by atoms with Crippen LogP contribution in [0.5, 0.6) is 0 Å². The molecule has 0 saturated carbocycles. The Morgan fingerprint density at radius 3 is 2.56 bits per heavy atom. The summed E-state index contributed by atoms with van der Waals surface area (Å²) in [5.74, 6) is 2.97. The number of rotatable bonds is 1. The van der Waals surface area contributed by atoms with Crippen LogP contribution in [0.4, 0.5) is 0 Å². The maximum atomic E-state index is 9.81. The molecule has 0 bridgehead atoms. The third-order valence-corrected chi connectivity index (χ3v) is 0.977. The van der Waals surface area contributed by atoms with Crippen LogP contribution >= 0.6 is 0 Å². The highest BCUT2D eigenvalue weighted by molar-refractivity contribution is 7.84. The molecular weight excluding hydrogens is 136 g/mol. The van der Waals surface area contributed by atoms with Crippen molar-refractivity contribution in [3.05, 3.63) is 0 Å². The van der Waals surface area contributed by atoms with Crippen molar-refractivity contribution in [3.63, 3.8) is 0 Å². The summed E-state index contributed by atoms with van der Waals surface area (Å²) in [5.41, 5.74) is 0. The molecule has 0 aliphatic heterocycles. The van der Waals surface area contributed by atoms with E-state index in [2.05, 4.69) is 5.92 Å². The predicted octanol–water partition coefficient (Wildman–Crippen LogP) is 0.873. The molecule has 0 rings (SSSR count). The first-order valence-corrected chi connectivity index (χ1v) is 3.78. The molecule has 0 N–H and O–H groups in total. The molecule has 52 valence electrons. The lowest BCUT2D eigenvalue weighted by atomic mass is 10.1. The normalized spacial score (nSPS) is 12.4. The van der Waals surface area contributed by atoms with Gasteiger partial charge < -0.3 is 4.55 Å². The monoisotopic (exact) mass is 145 g/mol. The summed E-state index contributed by atoms with van der Waals surface area (Å²) in [7, 11) is 0. The topological polar surface area (TPSA) is 40.1 Å². The van der Waals surface area contributed by atoms with E-state index in [0.717, 1.165) is 0 Å². The van der Waals surface area contributed by atoms with E-state index in [1.54, 1.807) is 0 Å². The van der Waals surface area contributed by atoms with Gasteiger partial charge in [0.1, 0.15) is 0 Å². The van der Waals surface area contributed by atoms with Crippen LogP contribution in [-0.4, -0.2) is 8.76 Å². The Morgan fingerprint density at radius 1 is 1.67 bits per heavy atom. The van der Waals surface area contributed by atoms with E-state index >= 15 is 0 Å². The van der Waals surface area contributed by atoms with Gasteiger partial charge in [0.15, 0.2) is 0 Å². The Kier molecular flexibility index (Phi) is 4.37. The molecule has 0 aromatic heterocycles. The summed E-state index contributed by atoms with van der Waals surface area (Å²) in [6.07, 6.45) is 0.647. The zero-order chi connectivity index (χ0) is 7.28. The molecule has 0 saturated heterocycles. The molecule has 0 aromatic carbocycles. The minimum absolute atomic E-state index is 0.445. The third kappa shape index (κ3) is 7.67. The van der Waals surface area contributed by atoms with Gasteiger partial charge in [0.05, 0.1) is 0 Å². The summed E-state index contributed by atoms with van der Waals surface area (Å²) in [4.78, 5) is 0. The van der Waals surface area contributed by atoms with E-state index in [-0.39, 0.29) is 0 Å². The van der Waals surface area contributed by atoms with Crippen molar-refractivity contribution in [1.29, 1.82) is 0 Å². The zero-order valence-corrected chi connectivity index (χ0v) is 6.33. The van der Waals surface area contributed by atoms with Gasteiger partial charge in [-0.2, -0.15) is 0 Å². The zero-order valence-electron chi connectivity index (χ0n) is 5.51. The van der Waals surface area contributed by atoms with E-state index in [1.165, 1.54) is 0 Å². The lowest BCUT2D eigenvalue weighted by molar-refractivity contribution is 0.548. The van der Waals surface area contributed by atoms with Crippen LogP contribution in [0, 0.1) is 17.1 Å². The van der Waals surface area contributed by atoms with Crippen LogP contribution in [0.1, 0.15) is 20.3 Å². The fourth-order valence-corrected chi connectivity index (χ4v) is 0.506. The number of hydrogen-bond donors (Lipinski definition) is 0. The Balaban J connectivity index is 3.50. The first-order valence-electron chi connectivity index (χ1n) is 2.70. The fourth-order valence-electron chi connectivity index (χ4n) is 0.305. The third-order valence-electron chi connectivity index (χ3n) is 0.666. The van der Waals surface area contributed by atoms with Gasteiger partial charge in [-0.15, -0.1) is 0 Å². The van der Waals surface area contributed by atoms with E-state index in [0.29, 0.717) is 12.3 Å². The molecule has 0 aromatic rings. The first-order chi connectivity index (χ1) is 4.13. The van der Waals surface area contributed by atoms with E-state index in [9.17, 15) is 8.76 Å². The molecule has 0 aliphatic carbocycles.